The van der Waals surface area contributed by atoms with E-state index >= 15 is 0 Å². The van der Waals surface area contributed by atoms with E-state index in [2.05, 4.69) is 15.6 Å². The molecule has 5 heteroatoms. The van der Waals surface area contributed by atoms with E-state index in [0.29, 0.717) is 0 Å². The van der Waals surface area contributed by atoms with Crippen molar-refractivity contribution in [1.82, 2.24) is 10.3 Å². The Morgan fingerprint density at radius 2 is 2.24 bits per heavy atom. The number of fused-ring (bicyclic) bond motifs is 1. The molecule has 4 nitrogen and oxygen atoms in total. The van der Waals surface area contributed by atoms with E-state index in [0.717, 1.165) is 41.2 Å². The van der Waals surface area contributed by atoms with E-state index in [4.69, 9.17) is 0 Å². The summed E-state index contributed by atoms with van der Waals surface area (Å²) in [5.74, 6) is 0. The Balaban J connectivity index is 1.68. The van der Waals surface area contributed by atoms with Crippen LogP contribution in [0.4, 0.5) is 10.5 Å². The molecule has 0 radical (unpaired) electrons. The van der Waals surface area contributed by atoms with Gasteiger partial charge in [0.1, 0.15) is 0 Å². The second-order valence-corrected chi connectivity index (χ2v) is 6.74. The lowest BCUT2D eigenvalue weighted by Gasteiger charge is -2.22. The van der Waals surface area contributed by atoms with Gasteiger partial charge in [0.15, 0.2) is 0 Å². The molecule has 2 N–H and O–H groups in total. The Kier molecular flexibility index (Phi) is 3.92. The van der Waals surface area contributed by atoms with Crippen LogP contribution in [-0.2, 0) is 6.42 Å². The van der Waals surface area contributed by atoms with Crippen molar-refractivity contribution < 1.29 is 4.79 Å². The van der Waals surface area contributed by atoms with E-state index < -0.39 is 0 Å². The number of thiazole rings is 1. The molecule has 0 saturated carbocycles. The van der Waals surface area contributed by atoms with E-state index in [1.807, 2.05) is 38.1 Å². The van der Waals surface area contributed by atoms with Crippen molar-refractivity contribution in [2.24, 2.45) is 0 Å². The van der Waals surface area contributed by atoms with Gasteiger partial charge in [-0.05, 0) is 50.8 Å². The third-order valence-electron chi connectivity index (χ3n) is 3.64. The van der Waals surface area contributed by atoms with Crippen LogP contribution >= 0.6 is 11.3 Å². The summed E-state index contributed by atoms with van der Waals surface area (Å²) in [6, 6.07) is 7.67. The average molecular weight is 301 g/mol. The lowest BCUT2D eigenvalue weighted by Crippen LogP contribution is -2.34. The van der Waals surface area contributed by atoms with Crippen LogP contribution in [0.1, 0.15) is 40.0 Å². The predicted octanol–water partition coefficient (Wildman–Crippen LogP) is 3.96. The minimum atomic E-state index is -0.163. The van der Waals surface area contributed by atoms with E-state index in [1.165, 1.54) is 4.88 Å². The molecule has 2 aromatic rings. The third kappa shape index (κ3) is 3.24. The summed E-state index contributed by atoms with van der Waals surface area (Å²) in [5.41, 5.74) is 3.00. The van der Waals surface area contributed by atoms with Gasteiger partial charge in [0, 0.05) is 10.6 Å². The van der Waals surface area contributed by atoms with Crippen LogP contribution in [0.5, 0.6) is 0 Å². The molecule has 2 amide bonds. The van der Waals surface area contributed by atoms with Crippen molar-refractivity contribution in [2.75, 3.05) is 5.32 Å². The molecule has 1 aromatic heterocycles. The number of rotatable bonds is 2. The molecule has 1 aliphatic rings. The highest BCUT2D eigenvalue weighted by Gasteiger charge is 2.25. The highest BCUT2D eigenvalue weighted by molar-refractivity contribution is 7.11. The summed E-state index contributed by atoms with van der Waals surface area (Å²) in [6.45, 7) is 4.03. The van der Waals surface area contributed by atoms with Gasteiger partial charge in [-0.25, -0.2) is 9.78 Å². The summed E-state index contributed by atoms with van der Waals surface area (Å²) >= 11 is 1.74. The maximum absolute atomic E-state index is 12.2. The SMILES string of the molecule is Cc1cccc(NC(=O)NC2CCCc3sc(C)nc32)c1. The maximum atomic E-state index is 12.2. The van der Waals surface area contributed by atoms with Crippen LogP contribution in [-0.4, -0.2) is 11.0 Å². The van der Waals surface area contributed by atoms with Crippen LogP contribution < -0.4 is 10.6 Å². The first-order valence-electron chi connectivity index (χ1n) is 7.22. The Labute approximate surface area is 128 Å². The average Bonchev–Trinajstić information content (AvgIpc) is 2.80. The summed E-state index contributed by atoms with van der Waals surface area (Å²) in [7, 11) is 0. The summed E-state index contributed by atoms with van der Waals surface area (Å²) < 4.78 is 0. The minimum Gasteiger partial charge on any atom is -0.329 e. The molecule has 0 bridgehead atoms. The number of aryl methyl sites for hydroxylation is 3. The van der Waals surface area contributed by atoms with Crippen molar-refractivity contribution >= 4 is 23.1 Å². The van der Waals surface area contributed by atoms with Gasteiger partial charge in [-0.3, -0.25) is 0 Å². The van der Waals surface area contributed by atoms with Gasteiger partial charge in [-0.15, -0.1) is 11.3 Å². The molecule has 21 heavy (non-hydrogen) atoms. The Hall–Kier alpha value is -1.88. The zero-order valence-corrected chi connectivity index (χ0v) is 13.1. The molecule has 0 fully saturated rings. The topological polar surface area (TPSA) is 54.0 Å². The lowest BCUT2D eigenvalue weighted by molar-refractivity contribution is 0.247. The number of carbonyl (C=O) groups excluding carboxylic acids is 1. The Bertz CT molecular complexity index is 665. The molecule has 0 saturated heterocycles. The number of hydrogen-bond acceptors (Lipinski definition) is 3. The maximum Gasteiger partial charge on any atom is 0.319 e. The second kappa shape index (κ2) is 5.85. The first-order valence-corrected chi connectivity index (χ1v) is 8.04. The molecule has 3 rings (SSSR count). The van der Waals surface area contributed by atoms with Crippen molar-refractivity contribution in [2.45, 2.75) is 39.2 Å². The molecular weight excluding hydrogens is 282 g/mol. The Morgan fingerprint density at radius 3 is 3.05 bits per heavy atom. The largest absolute Gasteiger partial charge is 0.329 e. The van der Waals surface area contributed by atoms with E-state index in [9.17, 15) is 4.79 Å². The van der Waals surface area contributed by atoms with E-state index in [1.54, 1.807) is 11.3 Å². The number of benzene rings is 1. The number of hydrogen-bond donors (Lipinski definition) is 2. The van der Waals surface area contributed by atoms with Crippen LogP contribution in [0.25, 0.3) is 0 Å². The number of nitrogens with one attached hydrogen (secondary N) is 2. The van der Waals surface area contributed by atoms with Crippen LogP contribution in [0.3, 0.4) is 0 Å². The molecule has 1 aromatic carbocycles. The monoisotopic (exact) mass is 301 g/mol. The number of anilines is 1. The number of urea groups is 1. The van der Waals surface area contributed by atoms with Gasteiger partial charge in [0.05, 0.1) is 16.7 Å². The number of carbonyl (C=O) groups is 1. The van der Waals surface area contributed by atoms with Gasteiger partial charge >= 0.3 is 6.03 Å². The normalized spacial score (nSPS) is 17.1. The molecule has 0 spiro atoms. The molecule has 110 valence electrons. The quantitative estimate of drug-likeness (QED) is 0.882. The van der Waals surface area contributed by atoms with Gasteiger partial charge < -0.3 is 10.6 Å². The third-order valence-corrected chi connectivity index (χ3v) is 4.69. The molecule has 0 aliphatic heterocycles. The molecule has 1 aliphatic carbocycles. The predicted molar refractivity (Wildman–Crippen MR) is 85.9 cm³/mol. The van der Waals surface area contributed by atoms with Crippen molar-refractivity contribution in [1.29, 1.82) is 0 Å². The lowest BCUT2D eigenvalue weighted by atomic mass is 9.98. The number of nitrogens with zero attached hydrogens (tertiary/aromatic N) is 1. The second-order valence-electron chi connectivity index (χ2n) is 5.45. The molecular formula is C16H19N3OS. The standard InChI is InChI=1S/C16H19N3OS/c1-10-5-3-6-12(9-10)18-16(20)19-13-7-4-8-14-15(13)17-11(2)21-14/h3,5-6,9,13H,4,7-8H2,1-2H3,(H2,18,19,20). The minimum absolute atomic E-state index is 0.0310. The van der Waals surface area contributed by atoms with Crippen molar-refractivity contribution in [3.05, 3.63) is 45.4 Å². The van der Waals surface area contributed by atoms with Crippen molar-refractivity contribution in [3.8, 4) is 0 Å². The highest BCUT2D eigenvalue weighted by atomic mass is 32.1. The number of aromatic nitrogens is 1. The summed E-state index contributed by atoms with van der Waals surface area (Å²) in [4.78, 5) is 18.1. The first-order chi connectivity index (χ1) is 10.1. The fourth-order valence-electron chi connectivity index (χ4n) is 2.73. The van der Waals surface area contributed by atoms with Crippen LogP contribution in [0.2, 0.25) is 0 Å². The summed E-state index contributed by atoms with van der Waals surface area (Å²) in [6.07, 6.45) is 3.14. The smallest absolute Gasteiger partial charge is 0.319 e. The molecule has 1 atom stereocenters. The van der Waals surface area contributed by atoms with Crippen LogP contribution in [0, 0.1) is 13.8 Å². The van der Waals surface area contributed by atoms with Gasteiger partial charge in [-0.1, -0.05) is 12.1 Å². The highest BCUT2D eigenvalue weighted by Crippen LogP contribution is 2.33. The molecule has 1 heterocycles. The zero-order valence-electron chi connectivity index (χ0n) is 12.3. The van der Waals surface area contributed by atoms with Gasteiger partial charge in [0.2, 0.25) is 0 Å². The van der Waals surface area contributed by atoms with Crippen molar-refractivity contribution in [3.63, 3.8) is 0 Å². The fourth-order valence-corrected chi connectivity index (χ4v) is 3.77. The first kappa shape index (κ1) is 14.1. The van der Waals surface area contributed by atoms with Gasteiger partial charge in [0.25, 0.3) is 0 Å². The summed E-state index contributed by atoms with van der Waals surface area (Å²) in [5, 5.41) is 7.02. The fraction of sp³-hybridized carbons (Fsp3) is 0.375. The number of amides is 2. The van der Waals surface area contributed by atoms with Crippen LogP contribution in [0.15, 0.2) is 24.3 Å². The van der Waals surface area contributed by atoms with Gasteiger partial charge in [-0.2, -0.15) is 0 Å². The zero-order chi connectivity index (χ0) is 14.8. The Morgan fingerprint density at radius 1 is 1.38 bits per heavy atom. The molecule has 1 unspecified atom stereocenters. The van der Waals surface area contributed by atoms with E-state index in [-0.39, 0.29) is 12.1 Å².